The van der Waals surface area contributed by atoms with Crippen molar-refractivity contribution in [3.8, 4) is 0 Å². The predicted octanol–water partition coefficient (Wildman–Crippen LogP) is 2.59. The van der Waals surface area contributed by atoms with Crippen LogP contribution in [0.25, 0.3) is 0 Å². The first-order chi connectivity index (χ1) is 7.69. The zero-order valence-electron chi connectivity index (χ0n) is 11.3. The molecule has 0 aromatic heterocycles. The molecule has 0 bridgehead atoms. The van der Waals surface area contributed by atoms with Gasteiger partial charge in [-0.1, -0.05) is 13.3 Å². The highest BCUT2D eigenvalue weighted by atomic mass is 32.2. The molecule has 1 heterocycles. The van der Waals surface area contributed by atoms with Gasteiger partial charge in [0.2, 0.25) is 0 Å². The quantitative estimate of drug-likeness (QED) is 0.773. The van der Waals surface area contributed by atoms with Crippen LogP contribution in [0.4, 0.5) is 0 Å². The SMILES string of the molecule is CCCC1CN(C(C)CCSC)C(C)CN1. The Morgan fingerprint density at radius 3 is 2.88 bits per heavy atom. The van der Waals surface area contributed by atoms with E-state index in [-0.39, 0.29) is 0 Å². The Bertz CT molecular complexity index is 187. The van der Waals surface area contributed by atoms with E-state index in [1.165, 1.54) is 31.6 Å². The predicted molar refractivity (Wildman–Crippen MR) is 75.3 cm³/mol. The monoisotopic (exact) mass is 244 g/mol. The van der Waals surface area contributed by atoms with Crippen LogP contribution in [0, 0.1) is 0 Å². The Morgan fingerprint density at radius 2 is 2.25 bits per heavy atom. The molecule has 1 fully saturated rings. The molecule has 1 saturated heterocycles. The summed E-state index contributed by atoms with van der Waals surface area (Å²) in [5, 5.41) is 3.66. The van der Waals surface area contributed by atoms with Gasteiger partial charge in [-0.2, -0.15) is 11.8 Å². The number of nitrogens with one attached hydrogen (secondary N) is 1. The van der Waals surface area contributed by atoms with Crippen LogP contribution in [0.3, 0.4) is 0 Å². The average Bonchev–Trinajstić information content (AvgIpc) is 2.29. The topological polar surface area (TPSA) is 15.3 Å². The maximum absolute atomic E-state index is 3.66. The molecule has 96 valence electrons. The smallest absolute Gasteiger partial charge is 0.0195 e. The number of nitrogens with zero attached hydrogens (tertiary/aromatic N) is 1. The van der Waals surface area contributed by atoms with Crippen LogP contribution in [-0.2, 0) is 0 Å². The minimum absolute atomic E-state index is 0.699. The summed E-state index contributed by atoms with van der Waals surface area (Å²) >= 11 is 1.96. The lowest BCUT2D eigenvalue weighted by atomic mass is 10.0. The highest BCUT2D eigenvalue weighted by Crippen LogP contribution is 2.16. The zero-order chi connectivity index (χ0) is 12.0. The molecule has 1 N–H and O–H groups in total. The second kappa shape index (κ2) is 7.57. The van der Waals surface area contributed by atoms with Crippen LogP contribution in [0.15, 0.2) is 0 Å². The molecule has 1 aliphatic heterocycles. The highest BCUT2D eigenvalue weighted by Gasteiger charge is 2.27. The van der Waals surface area contributed by atoms with E-state index < -0.39 is 0 Å². The molecule has 3 heteroatoms. The van der Waals surface area contributed by atoms with Crippen LogP contribution in [0.2, 0.25) is 0 Å². The molecule has 16 heavy (non-hydrogen) atoms. The van der Waals surface area contributed by atoms with Crippen molar-refractivity contribution in [1.82, 2.24) is 10.2 Å². The Morgan fingerprint density at radius 1 is 1.50 bits per heavy atom. The van der Waals surface area contributed by atoms with Gasteiger partial charge in [0.25, 0.3) is 0 Å². The average molecular weight is 244 g/mol. The summed E-state index contributed by atoms with van der Waals surface area (Å²) in [7, 11) is 0. The van der Waals surface area contributed by atoms with Gasteiger partial charge >= 0.3 is 0 Å². The maximum atomic E-state index is 3.66. The van der Waals surface area contributed by atoms with Crippen molar-refractivity contribution in [3.63, 3.8) is 0 Å². The van der Waals surface area contributed by atoms with E-state index >= 15 is 0 Å². The van der Waals surface area contributed by atoms with Crippen molar-refractivity contribution in [3.05, 3.63) is 0 Å². The standard InChI is InChI=1S/C13H28N2S/c1-5-6-13-10-15(12(3)9-14-13)11(2)7-8-16-4/h11-14H,5-10H2,1-4H3. The lowest BCUT2D eigenvalue weighted by molar-refractivity contribution is 0.0945. The van der Waals surface area contributed by atoms with Gasteiger partial charge in [-0.3, -0.25) is 4.90 Å². The van der Waals surface area contributed by atoms with E-state index in [9.17, 15) is 0 Å². The van der Waals surface area contributed by atoms with Gasteiger partial charge in [-0.15, -0.1) is 0 Å². The molecular weight excluding hydrogens is 216 g/mol. The summed E-state index contributed by atoms with van der Waals surface area (Å²) in [5.74, 6) is 1.29. The third kappa shape index (κ3) is 4.27. The summed E-state index contributed by atoms with van der Waals surface area (Å²) in [5.41, 5.74) is 0. The van der Waals surface area contributed by atoms with Crippen LogP contribution < -0.4 is 5.32 Å². The molecule has 0 aliphatic carbocycles. The molecule has 0 saturated carbocycles. The summed E-state index contributed by atoms with van der Waals surface area (Å²) in [6.45, 7) is 9.42. The van der Waals surface area contributed by atoms with Gasteiger partial charge < -0.3 is 5.32 Å². The molecule has 0 aromatic carbocycles. The fraction of sp³-hybridized carbons (Fsp3) is 1.00. The fourth-order valence-electron chi connectivity index (χ4n) is 2.56. The van der Waals surface area contributed by atoms with Crippen molar-refractivity contribution in [1.29, 1.82) is 0 Å². The molecular formula is C13H28N2S. The number of hydrogen-bond acceptors (Lipinski definition) is 3. The fourth-order valence-corrected chi connectivity index (χ4v) is 3.14. The largest absolute Gasteiger partial charge is 0.311 e. The zero-order valence-corrected chi connectivity index (χ0v) is 12.1. The molecule has 1 aliphatic rings. The molecule has 3 atom stereocenters. The van der Waals surface area contributed by atoms with Gasteiger partial charge in [0, 0.05) is 31.2 Å². The minimum Gasteiger partial charge on any atom is -0.311 e. The third-order valence-electron chi connectivity index (χ3n) is 3.64. The van der Waals surface area contributed by atoms with E-state index in [0.717, 1.165) is 18.6 Å². The first-order valence-corrected chi connectivity index (χ1v) is 8.06. The van der Waals surface area contributed by atoms with Crippen LogP contribution in [-0.4, -0.2) is 48.1 Å². The lowest BCUT2D eigenvalue weighted by Crippen LogP contribution is -2.57. The van der Waals surface area contributed by atoms with Gasteiger partial charge in [0.15, 0.2) is 0 Å². The van der Waals surface area contributed by atoms with Crippen LogP contribution in [0.1, 0.15) is 40.0 Å². The molecule has 3 unspecified atom stereocenters. The van der Waals surface area contributed by atoms with Crippen LogP contribution >= 0.6 is 11.8 Å². The Balaban J connectivity index is 2.41. The first-order valence-electron chi connectivity index (χ1n) is 6.67. The molecule has 0 aromatic rings. The highest BCUT2D eigenvalue weighted by molar-refractivity contribution is 7.98. The minimum atomic E-state index is 0.699. The van der Waals surface area contributed by atoms with Gasteiger partial charge in [-0.25, -0.2) is 0 Å². The number of rotatable bonds is 6. The molecule has 0 radical (unpaired) electrons. The second-order valence-corrected chi connectivity index (χ2v) is 6.06. The summed E-state index contributed by atoms with van der Waals surface area (Å²) in [6.07, 6.45) is 6.13. The number of hydrogen-bond donors (Lipinski definition) is 1. The number of piperazine rings is 1. The first kappa shape index (κ1) is 14.3. The second-order valence-electron chi connectivity index (χ2n) is 5.07. The van der Waals surface area contributed by atoms with Crippen molar-refractivity contribution in [2.45, 2.75) is 58.2 Å². The van der Waals surface area contributed by atoms with E-state index in [1.54, 1.807) is 0 Å². The van der Waals surface area contributed by atoms with E-state index in [0.29, 0.717) is 6.04 Å². The van der Waals surface area contributed by atoms with Gasteiger partial charge in [0.05, 0.1) is 0 Å². The molecule has 1 rings (SSSR count). The third-order valence-corrected chi connectivity index (χ3v) is 4.29. The van der Waals surface area contributed by atoms with Crippen LogP contribution in [0.5, 0.6) is 0 Å². The Hall–Kier alpha value is 0.270. The number of thioether (sulfide) groups is 1. The normalized spacial score (nSPS) is 29.2. The Kier molecular flexibility index (Phi) is 6.78. The van der Waals surface area contributed by atoms with Crippen molar-refractivity contribution in [2.75, 3.05) is 25.1 Å². The molecule has 0 spiro atoms. The molecule has 0 amide bonds. The van der Waals surface area contributed by atoms with Crippen molar-refractivity contribution >= 4 is 11.8 Å². The maximum Gasteiger partial charge on any atom is 0.0195 e. The van der Waals surface area contributed by atoms with Gasteiger partial charge in [0.1, 0.15) is 0 Å². The summed E-state index contributed by atoms with van der Waals surface area (Å²) in [6, 6.07) is 2.16. The van der Waals surface area contributed by atoms with Gasteiger partial charge in [-0.05, 0) is 38.7 Å². The van der Waals surface area contributed by atoms with E-state index in [1.807, 2.05) is 11.8 Å². The van der Waals surface area contributed by atoms with Crippen molar-refractivity contribution in [2.24, 2.45) is 0 Å². The summed E-state index contributed by atoms with van der Waals surface area (Å²) in [4.78, 5) is 2.70. The molecule has 2 nitrogen and oxygen atoms in total. The van der Waals surface area contributed by atoms with E-state index in [4.69, 9.17) is 0 Å². The lowest BCUT2D eigenvalue weighted by Gasteiger charge is -2.42. The Labute approximate surface area is 106 Å². The van der Waals surface area contributed by atoms with E-state index in [2.05, 4.69) is 37.2 Å². The summed E-state index contributed by atoms with van der Waals surface area (Å²) < 4.78 is 0. The van der Waals surface area contributed by atoms with Crippen molar-refractivity contribution < 1.29 is 0 Å².